The quantitative estimate of drug-likeness (QED) is 0.533. The molecule has 3 heteroatoms. The van der Waals surface area contributed by atoms with Crippen LogP contribution in [-0.4, -0.2) is 40.2 Å². The summed E-state index contributed by atoms with van der Waals surface area (Å²) in [5, 5.41) is 0. The lowest BCUT2D eigenvalue weighted by atomic mass is 9.80. The summed E-state index contributed by atoms with van der Waals surface area (Å²) in [6, 6.07) is 0.935. The summed E-state index contributed by atoms with van der Waals surface area (Å²) in [6.45, 7) is 7.46. The molecule has 0 radical (unpaired) electrons. The van der Waals surface area contributed by atoms with Crippen molar-refractivity contribution in [1.29, 1.82) is 0 Å². The summed E-state index contributed by atoms with van der Waals surface area (Å²) in [5.41, 5.74) is 0. The molecule has 1 aliphatic heterocycles. The third-order valence-electron chi connectivity index (χ3n) is 3.12. The van der Waals surface area contributed by atoms with Crippen molar-refractivity contribution in [3.63, 3.8) is 0 Å². The largest absolute Gasteiger partial charge is 0.298 e. The van der Waals surface area contributed by atoms with Crippen LogP contribution in [0.4, 0.5) is 0 Å². The summed E-state index contributed by atoms with van der Waals surface area (Å²) >= 11 is 2.43. The summed E-state index contributed by atoms with van der Waals surface area (Å²) in [4.78, 5) is 2.68. The van der Waals surface area contributed by atoms with Crippen LogP contribution in [0.15, 0.2) is 0 Å². The molecule has 2 fully saturated rings. The molecular formula is C9H17IN2. The van der Waals surface area contributed by atoms with E-state index in [9.17, 15) is 0 Å². The minimum absolute atomic E-state index is 0.935. The van der Waals surface area contributed by atoms with E-state index >= 15 is 0 Å². The zero-order valence-corrected chi connectivity index (χ0v) is 9.83. The second kappa shape index (κ2) is 3.80. The normalized spacial score (nSPS) is 39.5. The lowest BCUT2D eigenvalue weighted by molar-refractivity contribution is 0.0635. The maximum absolute atomic E-state index is 2.68. The standard InChI is InChI=1S/C9H17IN2/c1-8-6-9(7-8)11-2-4-12(10)5-3-11/h8-9H,2-7H2,1H3/t8-,9+. The molecule has 0 unspecified atom stereocenters. The van der Waals surface area contributed by atoms with Crippen LogP contribution in [0.25, 0.3) is 0 Å². The zero-order valence-electron chi connectivity index (χ0n) is 7.67. The Hall–Kier alpha value is 0.650. The Morgan fingerprint density at radius 1 is 1.08 bits per heavy atom. The molecule has 0 aromatic carbocycles. The van der Waals surface area contributed by atoms with Crippen molar-refractivity contribution in [3.05, 3.63) is 0 Å². The average molecular weight is 280 g/mol. The van der Waals surface area contributed by atoms with E-state index in [0.717, 1.165) is 12.0 Å². The fourth-order valence-corrected chi connectivity index (χ4v) is 2.65. The predicted octanol–water partition coefficient (Wildman–Crippen LogP) is 1.75. The Morgan fingerprint density at radius 2 is 1.67 bits per heavy atom. The molecule has 0 N–H and O–H groups in total. The van der Waals surface area contributed by atoms with Gasteiger partial charge in [0.15, 0.2) is 0 Å². The van der Waals surface area contributed by atoms with Gasteiger partial charge in [0.2, 0.25) is 0 Å². The van der Waals surface area contributed by atoms with E-state index in [-0.39, 0.29) is 0 Å². The molecule has 1 saturated heterocycles. The molecule has 1 heterocycles. The van der Waals surface area contributed by atoms with Gasteiger partial charge in [-0.05, 0) is 18.8 Å². The second-order valence-electron chi connectivity index (χ2n) is 4.18. The molecule has 2 nitrogen and oxygen atoms in total. The summed E-state index contributed by atoms with van der Waals surface area (Å²) in [5.74, 6) is 0.993. The molecule has 0 aromatic rings. The van der Waals surface area contributed by atoms with Crippen LogP contribution in [0, 0.1) is 5.92 Å². The van der Waals surface area contributed by atoms with E-state index in [0.29, 0.717) is 0 Å². The average Bonchev–Trinajstić information content (AvgIpc) is 2.01. The zero-order chi connectivity index (χ0) is 8.55. The van der Waals surface area contributed by atoms with Gasteiger partial charge in [0, 0.05) is 55.1 Å². The Morgan fingerprint density at radius 3 is 2.17 bits per heavy atom. The van der Waals surface area contributed by atoms with Gasteiger partial charge < -0.3 is 0 Å². The van der Waals surface area contributed by atoms with Gasteiger partial charge in [0.25, 0.3) is 0 Å². The number of halogens is 1. The number of hydrogen-bond donors (Lipinski definition) is 0. The van der Waals surface area contributed by atoms with Gasteiger partial charge in [0.1, 0.15) is 0 Å². The maximum Gasteiger partial charge on any atom is 0.0209 e. The minimum Gasteiger partial charge on any atom is -0.298 e. The number of nitrogens with zero attached hydrogens (tertiary/aromatic N) is 2. The Bertz CT molecular complexity index is 149. The van der Waals surface area contributed by atoms with Crippen LogP contribution in [0.2, 0.25) is 0 Å². The van der Waals surface area contributed by atoms with Crippen LogP contribution in [0.3, 0.4) is 0 Å². The molecule has 70 valence electrons. The predicted molar refractivity (Wildman–Crippen MR) is 59.4 cm³/mol. The smallest absolute Gasteiger partial charge is 0.0209 e. The second-order valence-corrected chi connectivity index (χ2v) is 5.54. The van der Waals surface area contributed by atoms with Crippen LogP contribution in [-0.2, 0) is 0 Å². The SMILES string of the molecule is C[C@H]1C[C@@H](N2CCN(I)CC2)C1. The molecule has 0 bridgehead atoms. The number of piperazine rings is 1. The monoisotopic (exact) mass is 280 g/mol. The molecule has 0 spiro atoms. The van der Waals surface area contributed by atoms with Crippen LogP contribution in [0.5, 0.6) is 0 Å². The molecule has 12 heavy (non-hydrogen) atoms. The molecule has 1 aliphatic carbocycles. The van der Waals surface area contributed by atoms with Gasteiger partial charge in [-0.15, -0.1) is 0 Å². The van der Waals surface area contributed by atoms with Gasteiger partial charge in [0.05, 0.1) is 0 Å². The van der Waals surface area contributed by atoms with E-state index in [1.165, 1.54) is 39.0 Å². The molecular weight excluding hydrogens is 263 g/mol. The first-order valence-electron chi connectivity index (χ1n) is 4.90. The topological polar surface area (TPSA) is 6.48 Å². The van der Waals surface area contributed by atoms with Crippen LogP contribution < -0.4 is 0 Å². The van der Waals surface area contributed by atoms with E-state index in [4.69, 9.17) is 0 Å². The van der Waals surface area contributed by atoms with E-state index < -0.39 is 0 Å². The molecule has 2 rings (SSSR count). The van der Waals surface area contributed by atoms with Gasteiger partial charge in [-0.3, -0.25) is 4.90 Å². The van der Waals surface area contributed by atoms with Crippen molar-refractivity contribution in [2.75, 3.05) is 26.2 Å². The van der Waals surface area contributed by atoms with Gasteiger partial charge >= 0.3 is 0 Å². The Labute approximate surface area is 88.8 Å². The minimum atomic E-state index is 0.935. The van der Waals surface area contributed by atoms with Crippen molar-refractivity contribution >= 4 is 22.9 Å². The molecule has 0 amide bonds. The summed E-state index contributed by atoms with van der Waals surface area (Å²) in [6.07, 6.45) is 2.89. The first-order chi connectivity index (χ1) is 5.75. The van der Waals surface area contributed by atoms with Crippen molar-refractivity contribution in [2.24, 2.45) is 5.92 Å². The van der Waals surface area contributed by atoms with E-state index in [2.05, 4.69) is 37.8 Å². The van der Waals surface area contributed by atoms with Crippen molar-refractivity contribution in [1.82, 2.24) is 8.01 Å². The van der Waals surface area contributed by atoms with Crippen LogP contribution in [0.1, 0.15) is 19.8 Å². The fourth-order valence-electron chi connectivity index (χ4n) is 2.22. The van der Waals surface area contributed by atoms with Gasteiger partial charge in [-0.25, -0.2) is 3.11 Å². The highest BCUT2D eigenvalue weighted by Gasteiger charge is 2.31. The molecule has 0 aromatic heterocycles. The maximum atomic E-state index is 2.68. The van der Waals surface area contributed by atoms with Crippen LogP contribution >= 0.6 is 22.9 Å². The highest BCUT2D eigenvalue weighted by Crippen LogP contribution is 2.31. The number of rotatable bonds is 1. The molecule has 0 atom stereocenters. The van der Waals surface area contributed by atoms with Crippen molar-refractivity contribution in [3.8, 4) is 0 Å². The highest BCUT2D eigenvalue weighted by atomic mass is 127. The lowest BCUT2D eigenvalue weighted by Crippen LogP contribution is -2.51. The molecule has 2 aliphatic rings. The number of hydrogen-bond acceptors (Lipinski definition) is 2. The van der Waals surface area contributed by atoms with Crippen molar-refractivity contribution in [2.45, 2.75) is 25.8 Å². The molecule has 1 saturated carbocycles. The summed E-state index contributed by atoms with van der Waals surface area (Å²) in [7, 11) is 0. The summed E-state index contributed by atoms with van der Waals surface area (Å²) < 4.78 is 2.40. The van der Waals surface area contributed by atoms with E-state index in [1.54, 1.807) is 0 Å². The van der Waals surface area contributed by atoms with Gasteiger partial charge in [-0.1, -0.05) is 6.92 Å². The van der Waals surface area contributed by atoms with Gasteiger partial charge in [-0.2, -0.15) is 0 Å². The Balaban J connectivity index is 1.75. The third kappa shape index (κ3) is 1.93. The highest BCUT2D eigenvalue weighted by molar-refractivity contribution is 14.1. The first-order valence-corrected chi connectivity index (χ1v) is 5.87. The fraction of sp³-hybridized carbons (Fsp3) is 1.00. The van der Waals surface area contributed by atoms with E-state index in [1.807, 2.05) is 0 Å². The first kappa shape index (κ1) is 9.21. The van der Waals surface area contributed by atoms with Crippen molar-refractivity contribution < 1.29 is 0 Å². The Kier molecular flexibility index (Phi) is 2.92. The third-order valence-corrected chi connectivity index (χ3v) is 4.09. The lowest BCUT2D eigenvalue weighted by Gasteiger charge is -2.44.